The summed E-state index contributed by atoms with van der Waals surface area (Å²) in [5, 5.41) is 0. The molecule has 3 nitrogen and oxygen atoms in total. The molecule has 76 valence electrons. The number of aryl methyl sites for hydroxylation is 1. The molecule has 0 amide bonds. The van der Waals surface area contributed by atoms with Crippen molar-refractivity contribution in [2.75, 3.05) is 11.9 Å². The SMILES string of the molecule is Cc1cncnc1N(C)c1ccccc1. The van der Waals surface area contributed by atoms with Gasteiger partial charge in [-0.1, -0.05) is 18.2 Å². The van der Waals surface area contributed by atoms with Gasteiger partial charge >= 0.3 is 0 Å². The minimum atomic E-state index is 0.941. The highest BCUT2D eigenvalue weighted by Gasteiger charge is 2.06. The van der Waals surface area contributed by atoms with Crippen LogP contribution in [0.3, 0.4) is 0 Å². The molecule has 0 radical (unpaired) electrons. The van der Waals surface area contributed by atoms with Crippen molar-refractivity contribution in [2.45, 2.75) is 6.92 Å². The molecule has 0 saturated carbocycles. The van der Waals surface area contributed by atoms with Crippen molar-refractivity contribution in [2.24, 2.45) is 0 Å². The quantitative estimate of drug-likeness (QED) is 0.744. The molecule has 3 heteroatoms. The first-order valence-electron chi connectivity index (χ1n) is 4.84. The zero-order valence-corrected chi connectivity index (χ0v) is 8.88. The van der Waals surface area contributed by atoms with E-state index in [4.69, 9.17) is 0 Å². The van der Waals surface area contributed by atoms with Gasteiger partial charge in [0, 0.05) is 24.5 Å². The van der Waals surface area contributed by atoms with Gasteiger partial charge in [0.1, 0.15) is 12.1 Å². The van der Waals surface area contributed by atoms with E-state index in [1.165, 1.54) is 0 Å². The Morgan fingerprint density at radius 3 is 2.53 bits per heavy atom. The van der Waals surface area contributed by atoms with E-state index >= 15 is 0 Å². The Morgan fingerprint density at radius 1 is 1.13 bits per heavy atom. The van der Waals surface area contributed by atoms with Crippen LogP contribution in [0.15, 0.2) is 42.9 Å². The molecule has 2 aromatic rings. The molecule has 0 saturated heterocycles. The Morgan fingerprint density at radius 2 is 1.87 bits per heavy atom. The fourth-order valence-corrected chi connectivity index (χ4v) is 1.52. The van der Waals surface area contributed by atoms with Crippen LogP contribution in [0.5, 0.6) is 0 Å². The third-order valence-corrected chi connectivity index (χ3v) is 2.33. The van der Waals surface area contributed by atoms with Crippen molar-refractivity contribution in [3.8, 4) is 0 Å². The van der Waals surface area contributed by atoms with Gasteiger partial charge in [0.25, 0.3) is 0 Å². The maximum absolute atomic E-state index is 4.27. The molecule has 0 aliphatic rings. The first-order chi connectivity index (χ1) is 7.29. The number of hydrogen-bond acceptors (Lipinski definition) is 3. The Bertz CT molecular complexity index is 440. The lowest BCUT2D eigenvalue weighted by Crippen LogP contribution is -2.12. The van der Waals surface area contributed by atoms with E-state index < -0.39 is 0 Å². The van der Waals surface area contributed by atoms with E-state index in [9.17, 15) is 0 Å². The summed E-state index contributed by atoms with van der Waals surface area (Å²) in [7, 11) is 2.00. The van der Waals surface area contributed by atoms with Gasteiger partial charge in [0.05, 0.1) is 0 Å². The molecule has 0 unspecified atom stereocenters. The maximum Gasteiger partial charge on any atom is 0.139 e. The minimum absolute atomic E-state index is 0.941. The molecule has 1 aromatic heterocycles. The molecule has 0 aliphatic heterocycles. The average Bonchev–Trinajstić information content (AvgIpc) is 2.30. The summed E-state index contributed by atoms with van der Waals surface area (Å²) in [6.07, 6.45) is 3.39. The lowest BCUT2D eigenvalue weighted by atomic mass is 10.2. The minimum Gasteiger partial charge on any atom is -0.329 e. The first kappa shape index (κ1) is 9.65. The van der Waals surface area contributed by atoms with Gasteiger partial charge in [-0.2, -0.15) is 0 Å². The number of rotatable bonds is 2. The van der Waals surface area contributed by atoms with Crippen molar-refractivity contribution in [1.29, 1.82) is 0 Å². The summed E-state index contributed by atoms with van der Waals surface area (Å²) >= 11 is 0. The summed E-state index contributed by atoms with van der Waals surface area (Å²) in [5.74, 6) is 0.941. The third kappa shape index (κ3) is 1.96. The van der Waals surface area contributed by atoms with Crippen LogP contribution in [0.1, 0.15) is 5.56 Å². The number of para-hydroxylation sites is 1. The van der Waals surface area contributed by atoms with Crippen LogP contribution in [-0.4, -0.2) is 17.0 Å². The van der Waals surface area contributed by atoms with Crippen LogP contribution in [-0.2, 0) is 0 Å². The predicted molar refractivity (Wildman–Crippen MR) is 61.3 cm³/mol. The van der Waals surface area contributed by atoms with Gasteiger partial charge in [-0.3, -0.25) is 0 Å². The van der Waals surface area contributed by atoms with Crippen LogP contribution in [0.4, 0.5) is 11.5 Å². The Balaban J connectivity index is 2.37. The maximum atomic E-state index is 4.27. The molecule has 0 aliphatic carbocycles. The van der Waals surface area contributed by atoms with E-state index in [2.05, 4.69) is 27.0 Å². The molecular formula is C12H13N3. The molecule has 1 aromatic carbocycles. The lowest BCUT2D eigenvalue weighted by Gasteiger charge is -2.19. The van der Waals surface area contributed by atoms with E-state index in [-0.39, 0.29) is 0 Å². The number of anilines is 2. The number of benzene rings is 1. The predicted octanol–water partition coefficient (Wildman–Crippen LogP) is 2.55. The van der Waals surface area contributed by atoms with Crippen molar-refractivity contribution < 1.29 is 0 Å². The average molecular weight is 199 g/mol. The van der Waals surface area contributed by atoms with Crippen LogP contribution in [0, 0.1) is 6.92 Å². The summed E-state index contributed by atoms with van der Waals surface area (Å²) in [6.45, 7) is 2.01. The topological polar surface area (TPSA) is 29.0 Å². The largest absolute Gasteiger partial charge is 0.329 e. The zero-order chi connectivity index (χ0) is 10.7. The van der Waals surface area contributed by atoms with Gasteiger partial charge < -0.3 is 4.90 Å². The van der Waals surface area contributed by atoms with Gasteiger partial charge in [0.2, 0.25) is 0 Å². The second-order valence-corrected chi connectivity index (χ2v) is 3.42. The van der Waals surface area contributed by atoms with E-state index in [0.29, 0.717) is 0 Å². The highest BCUT2D eigenvalue weighted by Crippen LogP contribution is 2.22. The van der Waals surface area contributed by atoms with Crippen molar-refractivity contribution in [1.82, 2.24) is 9.97 Å². The van der Waals surface area contributed by atoms with Crippen molar-refractivity contribution >= 4 is 11.5 Å². The summed E-state index contributed by atoms with van der Waals surface area (Å²) in [4.78, 5) is 10.3. The van der Waals surface area contributed by atoms with Crippen LogP contribution in [0.2, 0.25) is 0 Å². The highest BCUT2D eigenvalue weighted by molar-refractivity contribution is 5.60. The van der Waals surface area contributed by atoms with Crippen molar-refractivity contribution in [3.63, 3.8) is 0 Å². The first-order valence-corrected chi connectivity index (χ1v) is 4.84. The van der Waals surface area contributed by atoms with Crippen LogP contribution < -0.4 is 4.90 Å². The molecular weight excluding hydrogens is 186 g/mol. The summed E-state index contributed by atoms with van der Waals surface area (Å²) in [6, 6.07) is 10.2. The van der Waals surface area contributed by atoms with Crippen LogP contribution >= 0.6 is 0 Å². The highest BCUT2D eigenvalue weighted by atomic mass is 15.2. The monoisotopic (exact) mass is 199 g/mol. The third-order valence-electron chi connectivity index (χ3n) is 2.33. The molecule has 0 bridgehead atoms. The summed E-state index contributed by atoms with van der Waals surface area (Å²) in [5.41, 5.74) is 2.20. The standard InChI is InChI=1S/C12H13N3/c1-10-8-13-9-14-12(10)15(2)11-6-4-3-5-7-11/h3-9H,1-2H3. The van der Waals surface area contributed by atoms with Crippen molar-refractivity contribution in [3.05, 3.63) is 48.4 Å². The molecule has 0 fully saturated rings. The molecule has 0 atom stereocenters. The normalized spacial score (nSPS) is 10.0. The summed E-state index contributed by atoms with van der Waals surface area (Å²) < 4.78 is 0. The molecule has 1 heterocycles. The Hall–Kier alpha value is -1.90. The van der Waals surface area contributed by atoms with Gasteiger partial charge in [-0.05, 0) is 19.1 Å². The van der Waals surface area contributed by atoms with E-state index in [1.807, 2.05) is 38.4 Å². The fourth-order valence-electron chi connectivity index (χ4n) is 1.52. The molecule has 0 N–H and O–H groups in total. The van der Waals surface area contributed by atoms with Gasteiger partial charge in [0.15, 0.2) is 0 Å². The lowest BCUT2D eigenvalue weighted by molar-refractivity contribution is 1.05. The molecule has 0 spiro atoms. The Labute approximate surface area is 89.4 Å². The van der Waals surface area contributed by atoms with Gasteiger partial charge in [-0.25, -0.2) is 9.97 Å². The Kier molecular flexibility index (Phi) is 2.63. The zero-order valence-electron chi connectivity index (χ0n) is 8.88. The second kappa shape index (κ2) is 4.09. The smallest absolute Gasteiger partial charge is 0.139 e. The number of hydrogen-bond donors (Lipinski definition) is 0. The van der Waals surface area contributed by atoms with Crippen LogP contribution in [0.25, 0.3) is 0 Å². The number of nitrogens with zero attached hydrogens (tertiary/aromatic N) is 3. The van der Waals surface area contributed by atoms with E-state index in [0.717, 1.165) is 17.1 Å². The fraction of sp³-hybridized carbons (Fsp3) is 0.167. The van der Waals surface area contributed by atoms with E-state index in [1.54, 1.807) is 6.33 Å². The second-order valence-electron chi connectivity index (χ2n) is 3.42. The van der Waals surface area contributed by atoms with Gasteiger partial charge in [-0.15, -0.1) is 0 Å². The molecule has 2 rings (SSSR count). The number of aromatic nitrogens is 2. The molecule has 15 heavy (non-hydrogen) atoms.